The molecule has 0 N–H and O–H groups in total. The van der Waals surface area contributed by atoms with Crippen molar-refractivity contribution in [1.29, 1.82) is 0 Å². The van der Waals surface area contributed by atoms with Crippen molar-refractivity contribution in [1.82, 2.24) is 14.7 Å². The smallest absolute Gasteiger partial charge is 0.253 e. The molecule has 3 heterocycles. The highest BCUT2D eigenvalue weighted by atomic mass is 32.2. The summed E-state index contributed by atoms with van der Waals surface area (Å²) in [6.07, 6.45) is 1.63. The van der Waals surface area contributed by atoms with Gasteiger partial charge in [0.05, 0.1) is 24.6 Å². The molecule has 0 bridgehead atoms. The van der Waals surface area contributed by atoms with Crippen molar-refractivity contribution in [3.63, 3.8) is 0 Å². The highest BCUT2D eigenvalue weighted by Gasteiger charge is 2.34. The van der Waals surface area contributed by atoms with Crippen LogP contribution in [0.25, 0.3) is 0 Å². The first-order valence-electron chi connectivity index (χ1n) is 13.3. The summed E-state index contributed by atoms with van der Waals surface area (Å²) in [5.41, 5.74) is 4.24. The second-order valence-corrected chi connectivity index (χ2v) is 11.0. The van der Waals surface area contributed by atoms with Gasteiger partial charge in [-0.1, -0.05) is 72.8 Å². The van der Waals surface area contributed by atoms with E-state index in [1.165, 1.54) is 11.1 Å². The Hall–Kier alpha value is -3.81. The average molecular weight is 538 g/mol. The minimum atomic E-state index is -0.0804. The number of rotatable bonds is 7. The van der Waals surface area contributed by atoms with E-state index in [9.17, 15) is 9.59 Å². The topological polar surface area (TPSA) is 57.0 Å². The highest BCUT2D eigenvalue weighted by Crippen LogP contribution is 2.39. The van der Waals surface area contributed by atoms with Crippen LogP contribution in [0.2, 0.25) is 0 Å². The third-order valence-electron chi connectivity index (χ3n) is 7.51. The molecule has 3 aromatic carbocycles. The zero-order valence-electron chi connectivity index (χ0n) is 21.7. The first-order chi connectivity index (χ1) is 19.2. The lowest BCUT2D eigenvalue weighted by Gasteiger charge is -2.39. The van der Waals surface area contributed by atoms with Gasteiger partial charge in [-0.3, -0.25) is 14.5 Å². The molecule has 4 aromatic rings. The van der Waals surface area contributed by atoms with E-state index in [0.29, 0.717) is 31.0 Å². The molecule has 7 heteroatoms. The Bertz CT molecular complexity index is 1350. The fraction of sp³-hybridized carbons (Fsp3) is 0.250. The van der Waals surface area contributed by atoms with E-state index in [4.69, 9.17) is 4.42 Å². The van der Waals surface area contributed by atoms with Crippen molar-refractivity contribution in [2.45, 2.75) is 18.0 Å². The number of carbonyl (C=O) groups is 2. The van der Waals surface area contributed by atoms with Crippen LogP contribution in [0.5, 0.6) is 0 Å². The summed E-state index contributed by atoms with van der Waals surface area (Å²) in [7, 11) is 0. The third kappa shape index (κ3) is 5.51. The van der Waals surface area contributed by atoms with Crippen LogP contribution in [0, 0.1) is 0 Å². The number of furan rings is 1. The molecule has 0 unspecified atom stereocenters. The summed E-state index contributed by atoms with van der Waals surface area (Å²) in [6.45, 7) is 3.42. The van der Waals surface area contributed by atoms with Crippen LogP contribution in [0.15, 0.2) is 108 Å². The van der Waals surface area contributed by atoms with Crippen LogP contribution in [0.1, 0.15) is 44.2 Å². The average Bonchev–Trinajstić information content (AvgIpc) is 3.64. The van der Waals surface area contributed by atoms with Gasteiger partial charge in [-0.15, -0.1) is 11.8 Å². The van der Waals surface area contributed by atoms with E-state index in [1.807, 2.05) is 58.3 Å². The monoisotopic (exact) mass is 537 g/mol. The number of hydrogen-bond acceptors (Lipinski definition) is 5. The van der Waals surface area contributed by atoms with Crippen LogP contribution in [-0.4, -0.2) is 58.4 Å². The summed E-state index contributed by atoms with van der Waals surface area (Å²) < 4.78 is 5.46. The van der Waals surface area contributed by atoms with Crippen molar-refractivity contribution in [2.24, 2.45) is 0 Å². The Kier molecular flexibility index (Phi) is 7.52. The Morgan fingerprint density at radius 2 is 1.46 bits per heavy atom. The van der Waals surface area contributed by atoms with Crippen molar-refractivity contribution in [2.75, 3.05) is 31.9 Å². The van der Waals surface area contributed by atoms with E-state index in [2.05, 4.69) is 53.4 Å². The van der Waals surface area contributed by atoms with E-state index >= 15 is 0 Å². The number of thioether (sulfide) groups is 1. The second kappa shape index (κ2) is 11.5. The van der Waals surface area contributed by atoms with E-state index < -0.39 is 0 Å². The van der Waals surface area contributed by atoms with Gasteiger partial charge in [0.25, 0.3) is 5.91 Å². The van der Waals surface area contributed by atoms with Gasteiger partial charge in [-0.2, -0.15) is 0 Å². The molecule has 198 valence electrons. The van der Waals surface area contributed by atoms with Crippen molar-refractivity contribution < 1.29 is 14.0 Å². The molecule has 2 saturated heterocycles. The van der Waals surface area contributed by atoms with Crippen molar-refractivity contribution in [3.05, 3.63) is 131 Å². The molecule has 2 aliphatic heterocycles. The predicted molar refractivity (Wildman–Crippen MR) is 153 cm³/mol. The molecule has 6 rings (SSSR count). The summed E-state index contributed by atoms with van der Waals surface area (Å²) in [6, 6.07) is 32.8. The highest BCUT2D eigenvalue weighted by molar-refractivity contribution is 8.00. The lowest BCUT2D eigenvalue weighted by molar-refractivity contribution is -0.128. The van der Waals surface area contributed by atoms with Crippen molar-refractivity contribution in [3.8, 4) is 0 Å². The Balaban J connectivity index is 1.11. The molecular formula is C32H31N3O3S. The lowest BCUT2D eigenvalue weighted by Crippen LogP contribution is -2.49. The first-order valence-corrected chi connectivity index (χ1v) is 14.4. The van der Waals surface area contributed by atoms with Gasteiger partial charge in [0.15, 0.2) is 0 Å². The summed E-state index contributed by atoms with van der Waals surface area (Å²) in [5, 5.41) is -0.0804. The maximum atomic E-state index is 13.4. The summed E-state index contributed by atoms with van der Waals surface area (Å²) in [4.78, 5) is 32.2. The molecule has 2 amide bonds. The first kappa shape index (κ1) is 25.5. The van der Waals surface area contributed by atoms with Crippen molar-refractivity contribution >= 4 is 23.6 Å². The summed E-state index contributed by atoms with van der Waals surface area (Å²) in [5.74, 6) is 1.37. The zero-order valence-corrected chi connectivity index (χ0v) is 22.5. The molecule has 2 aliphatic rings. The van der Waals surface area contributed by atoms with Crippen LogP contribution in [-0.2, 0) is 11.3 Å². The predicted octanol–water partition coefficient (Wildman–Crippen LogP) is 5.60. The molecule has 1 atom stereocenters. The number of nitrogens with zero attached hydrogens (tertiary/aromatic N) is 3. The minimum Gasteiger partial charge on any atom is -0.467 e. The number of hydrogen-bond donors (Lipinski definition) is 0. The standard InChI is InChI=1S/C32H31N3O3S/c36-29-23-39-32(35(29)22-28-12-7-21-38-28)27-15-13-26(14-16-27)31(37)34-19-17-33(18-20-34)30(24-8-3-1-4-9-24)25-10-5-2-6-11-25/h1-16,21,30,32H,17-20,22-23H2/t32-/m0/s1. The maximum absolute atomic E-state index is 13.4. The fourth-order valence-corrected chi connectivity index (χ4v) is 6.70. The Morgan fingerprint density at radius 1 is 0.821 bits per heavy atom. The van der Waals surface area contributed by atoms with E-state index in [0.717, 1.165) is 24.4 Å². The Labute approximate surface area is 233 Å². The molecule has 0 saturated carbocycles. The molecule has 1 aromatic heterocycles. The van der Waals surface area contributed by atoms with E-state index in [-0.39, 0.29) is 23.2 Å². The quantitative estimate of drug-likeness (QED) is 0.307. The molecular weight excluding hydrogens is 506 g/mol. The van der Waals surface area contributed by atoms with Gasteiger partial charge in [-0.25, -0.2) is 0 Å². The van der Waals surface area contributed by atoms with Gasteiger partial charge >= 0.3 is 0 Å². The van der Waals surface area contributed by atoms with Gasteiger partial charge in [0, 0.05) is 31.7 Å². The zero-order chi connectivity index (χ0) is 26.6. The van der Waals surface area contributed by atoms with Crippen LogP contribution < -0.4 is 0 Å². The van der Waals surface area contributed by atoms with Crippen LogP contribution in [0.3, 0.4) is 0 Å². The van der Waals surface area contributed by atoms with Gasteiger partial charge < -0.3 is 14.2 Å². The van der Waals surface area contributed by atoms with Gasteiger partial charge in [-0.05, 0) is 41.0 Å². The number of piperazine rings is 1. The largest absolute Gasteiger partial charge is 0.467 e. The van der Waals surface area contributed by atoms with Gasteiger partial charge in [0.2, 0.25) is 5.91 Å². The van der Waals surface area contributed by atoms with Crippen LogP contribution >= 0.6 is 11.8 Å². The normalized spacial score (nSPS) is 18.2. The minimum absolute atomic E-state index is 0.0553. The SMILES string of the molecule is O=C(c1ccc([C@@H]2SCC(=O)N2Cc2ccco2)cc1)N1CCN(C(c2ccccc2)c2ccccc2)CC1. The molecule has 39 heavy (non-hydrogen) atoms. The number of benzene rings is 3. The number of carbonyl (C=O) groups excluding carboxylic acids is 2. The second-order valence-electron chi connectivity index (χ2n) is 9.94. The van der Waals surface area contributed by atoms with Gasteiger partial charge in [0.1, 0.15) is 11.1 Å². The molecule has 0 radical (unpaired) electrons. The fourth-order valence-electron chi connectivity index (χ4n) is 5.51. The third-order valence-corrected chi connectivity index (χ3v) is 8.77. The molecule has 0 aliphatic carbocycles. The Morgan fingerprint density at radius 3 is 2.05 bits per heavy atom. The summed E-state index contributed by atoms with van der Waals surface area (Å²) >= 11 is 1.61. The molecule has 6 nitrogen and oxygen atoms in total. The van der Waals surface area contributed by atoms with Crippen LogP contribution in [0.4, 0.5) is 0 Å². The van der Waals surface area contributed by atoms with E-state index in [1.54, 1.807) is 18.0 Å². The molecule has 2 fully saturated rings. The molecule has 0 spiro atoms. The lowest BCUT2D eigenvalue weighted by atomic mass is 9.96. The number of amides is 2. The maximum Gasteiger partial charge on any atom is 0.253 e.